The normalized spacial score (nSPS) is 11.2. The summed E-state index contributed by atoms with van der Waals surface area (Å²) in [6, 6.07) is 3.93. The van der Waals surface area contributed by atoms with Crippen LogP contribution in [0.25, 0.3) is 11.0 Å². The number of methoxy groups -OCH3 is 2. The maximum Gasteiger partial charge on any atom is 0.178 e. The van der Waals surface area contributed by atoms with Crippen LogP contribution in [0.15, 0.2) is 12.1 Å². The summed E-state index contributed by atoms with van der Waals surface area (Å²) >= 11 is 5.45. The second kappa shape index (κ2) is 6.31. The van der Waals surface area contributed by atoms with E-state index in [0.29, 0.717) is 11.7 Å². The van der Waals surface area contributed by atoms with Crippen molar-refractivity contribution in [1.82, 2.24) is 9.55 Å². The summed E-state index contributed by atoms with van der Waals surface area (Å²) in [7, 11) is 3.29. The fourth-order valence-corrected chi connectivity index (χ4v) is 2.75. The number of ether oxygens (including phenoxy) is 2. The lowest BCUT2D eigenvalue weighted by molar-refractivity contribution is 0.355. The Morgan fingerprint density at radius 1 is 1.15 bits per heavy atom. The molecule has 1 heterocycles. The van der Waals surface area contributed by atoms with E-state index in [4.69, 9.17) is 21.7 Å². The van der Waals surface area contributed by atoms with E-state index >= 15 is 0 Å². The molecule has 20 heavy (non-hydrogen) atoms. The van der Waals surface area contributed by atoms with Gasteiger partial charge in [-0.05, 0) is 18.1 Å². The SMILES string of the molecule is CCC(CC)Cn1c(=S)[nH]c2cc(OC)c(OC)cc21. The van der Waals surface area contributed by atoms with Gasteiger partial charge in [0, 0.05) is 18.7 Å². The number of nitrogens with zero attached hydrogens (tertiary/aromatic N) is 1. The average molecular weight is 294 g/mol. The lowest BCUT2D eigenvalue weighted by Gasteiger charge is -2.14. The van der Waals surface area contributed by atoms with Crippen LogP contribution in [0.1, 0.15) is 26.7 Å². The van der Waals surface area contributed by atoms with Crippen molar-refractivity contribution >= 4 is 23.3 Å². The molecule has 5 heteroatoms. The Kier molecular flexibility index (Phi) is 4.70. The molecule has 0 atom stereocenters. The minimum Gasteiger partial charge on any atom is -0.493 e. The molecule has 0 saturated carbocycles. The molecule has 0 bridgehead atoms. The minimum absolute atomic E-state index is 0.633. The molecule has 2 rings (SSSR count). The highest BCUT2D eigenvalue weighted by Crippen LogP contribution is 2.32. The van der Waals surface area contributed by atoms with E-state index in [0.717, 1.165) is 40.9 Å². The molecule has 0 spiro atoms. The van der Waals surface area contributed by atoms with E-state index < -0.39 is 0 Å². The van der Waals surface area contributed by atoms with Gasteiger partial charge in [0.25, 0.3) is 0 Å². The van der Waals surface area contributed by atoms with E-state index in [1.54, 1.807) is 14.2 Å². The summed E-state index contributed by atoms with van der Waals surface area (Å²) in [5, 5.41) is 0. The molecule has 0 aliphatic rings. The smallest absolute Gasteiger partial charge is 0.178 e. The molecule has 0 radical (unpaired) electrons. The zero-order valence-electron chi connectivity index (χ0n) is 12.5. The standard InChI is InChI=1S/C15H22N2O2S/c1-5-10(6-2)9-17-12-8-14(19-4)13(18-3)7-11(12)16-15(17)20/h7-8,10H,5-6,9H2,1-4H3,(H,16,20). The van der Waals surface area contributed by atoms with E-state index in [1.807, 2.05) is 12.1 Å². The monoisotopic (exact) mass is 294 g/mol. The van der Waals surface area contributed by atoms with Crippen LogP contribution in [0.4, 0.5) is 0 Å². The van der Waals surface area contributed by atoms with Gasteiger partial charge in [-0.3, -0.25) is 0 Å². The highest BCUT2D eigenvalue weighted by Gasteiger charge is 2.13. The molecule has 2 aromatic rings. The Morgan fingerprint density at radius 3 is 2.30 bits per heavy atom. The number of hydrogen-bond donors (Lipinski definition) is 1. The number of nitrogens with one attached hydrogen (secondary N) is 1. The first-order valence-electron chi connectivity index (χ1n) is 6.99. The molecule has 0 unspecified atom stereocenters. The van der Waals surface area contributed by atoms with Gasteiger partial charge >= 0.3 is 0 Å². The van der Waals surface area contributed by atoms with Gasteiger partial charge in [-0.1, -0.05) is 26.7 Å². The molecule has 0 aliphatic heterocycles. The Hall–Kier alpha value is -1.49. The van der Waals surface area contributed by atoms with Crippen LogP contribution >= 0.6 is 12.2 Å². The number of fused-ring (bicyclic) bond motifs is 1. The number of aromatic nitrogens is 2. The van der Waals surface area contributed by atoms with Gasteiger partial charge in [0.05, 0.1) is 25.3 Å². The predicted molar refractivity (Wildman–Crippen MR) is 84.3 cm³/mol. The van der Waals surface area contributed by atoms with Crippen LogP contribution in [-0.4, -0.2) is 23.8 Å². The Morgan fingerprint density at radius 2 is 1.75 bits per heavy atom. The minimum atomic E-state index is 0.633. The Labute approximate surface area is 124 Å². The van der Waals surface area contributed by atoms with Crippen LogP contribution in [0, 0.1) is 10.7 Å². The van der Waals surface area contributed by atoms with Crippen LogP contribution in [0.5, 0.6) is 11.5 Å². The Bertz CT molecular complexity index is 641. The van der Waals surface area contributed by atoms with Gasteiger partial charge in [-0.2, -0.15) is 0 Å². The third kappa shape index (κ3) is 2.68. The largest absolute Gasteiger partial charge is 0.493 e. The lowest BCUT2D eigenvalue weighted by Crippen LogP contribution is -2.09. The average Bonchev–Trinajstić information content (AvgIpc) is 2.77. The van der Waals surface area contributed by atoms with E-state index in [2.05, 4.69) is 23.4 Å². The first-order valence-corrected chi connectivity index (χ1v) is 7.39. The molecule has 0 fully saturated rings. The van der Waals surface area contributed by atoms with Gasteiger partial charge in [0.15, 0.2) is 16.3 Å². The van der Waals surface area contributed by atoms with E-state index in [9.17, 15) is 0 Å². The molecule has 1 aromatic heterocycles. The quantitative estimate of drug-likeness (QED) is 0.813. The summed E-state index contributed by atoms with van der Waals surface area (Å²) in [6.07, 6.45) is 2.30. The van der Waals surface area contributed by atoms with Crippen LogP contribution in [0.2, 0.25) is 0 Å². The number of benzene rings is 1. The van der Waals surface area contributed by atoms with Crippen molar-refractivity contribution in [1.29, 1.82) is 0 Å². The van der Waals surface area contributed by atoms with Crippen molar-refractivity contribution in [2.45, 2.75) is 33.2 Å². The highest BCUT2D eigenvalue weighted by atomic mass is 32.1. The number of hydrogen-bond acceptors (Lipinski definition) is 3. The van der Waals surface area contributed by atoms with E-state index in [-0.39, 0.29) is 0 Å². The van der Waals surface area contributed by atoms with Crippen LogP contribution in [0.3, 0.4) is 0 Å². The van der Waals surface area contributed by atoms with Crippen molar-refractivity contribution in [2.24, 2.45) is 5.92 Å². The van der Waals surface area contributed by atoms with Gasteiger partial charge in [0.2, 0.25) is 0 Å². The Balaban J connectivity index is 2.55. The molecule has 1 aromatic carbocycles. The third-order valence-electron chi connectivity index (χ3n) is 3.87. The topological polar surface area (TPSA) is 39.2 Å². The molecule has 110 valence electrons. The number of aromatic amines is 1. The predicted octanol–water partition coefficient (Wildman–Crippen LogP) is 4.15. The van der Waals surface area contributed by atoms with Crippen molar-refractivity contribution in [3.63, 3.8) is 0 Å². The van der Waals surface area contributed by atoms with Crippen LogP contribution < -0.4 is 9.47 Å². The van der Waals surface area contributed by atoms with E-state index in [1.165, 1.54) is 0 Å². The zero-order valence-corrected chi connectivity index (χ0v) is 13.3. The maximum absolute atomic E-state index is 5.45. The van der Waals surface area contributed by atoms with Crippen LogP contribution in [-0.2, 0) is 6.54 Å². The van der Waals surface area contributed by atoms with Gasteiger partial charge in [-0.15, -0.1) is 0 Å². The molecular weight excluding hydrogens is 272 g/mol. The van der Waals surface area contributed by atoms with Crippen molar-refractivity contribution in [3.05, 3.63) is 16.9 Å². The molecule has 4 nitrogen and oxygen atoms in total. The fraction of sp³-hybridized carbons (Fsp3) is 0.533. The van der Waals surface area contributed by atoms with Gasteiger partial charge in [0.1, 0.15) is 0 Å². The first kappa shape index (κ1) is 14.9. The summed E-state index contributed by atoms with van der Waals surface area (Å²) < 4.78 is 13.6. The number of imidazole rings is 1. The summed E-state index contributed by atoms with van der Waals surface area (Å²) in [5.74, 6) is 2.08. The van der Waals surface area contributed by atoms with Gasteiger partial charge in [-0.25, -0.2) is 0 Å². The summed E-state index contributed by atoms with van der Waals surface area (Å²) in [4.78, 5) is 3.25. The summed E-state index contributed by atoms with van der Waals surface area (Å²) in [6.45, 7) is 5.37. The molecule has 0 saturated heterocycles. The fourth-order valence-electron chi connectivity index (χ4n) is 2.47. The molecule has 0 amide bonds. The third-order valence-corrected chi connectivity index (χ3v) is 4.20. The van der Waals surface area contributed by atoms with Gasteiger partial charge < -0.3 is 19.0 Å². The second-order valence-electron chi connectivity index (χ2n) is 4.95. The maximum atomic E-state index is 5.45. The molecular formula is C15H22N2O2S. The first-order chi connectivity index (χ1) is 9.64. The summed E-state index contributed by atoms with van der Waals surface area (Å²) in [5.41, 5.74) is 2.05. The van der Waals surface area contributed by atoms with Crippen molar-refractivity contribution in [3.8, 4) is 11.5 Å². The molecule has 0 aliphatic carbocycles. The highest BCUT2D eigenvalue weighted by molar-refractivity contribution is 7.71. The van der Waals surface area contributed by atoms with Crippen molar-refractivity contribution < 1.29 is 9.47 Å². The van der Waals surface area contributed by atoms with Crippen molar-refractivity contribution in [2.75, 3.05) is 14.2 Å². The zero-order chi connectivity index (χ0) is 14.7. The number of rotatable bonds is 6. The second-order valence-corrected chi connectivity index (χ2v) is 5.33. The number of H-pyrrole nitrogens is 1. The lowest BCUT2D eigenvalue weighted by atomic mass is 10.0. The molecule has 1 N–H and O–H groups in total.